The van der Waals surface area contributed by atoms with E-state index in [0.717, 1.165) is 17.7 Å². The van der Waals surface area contributed by atoms with Crippen LogP contribution in [0.1, 0.15) is 68.7 Å². The van der Waals surface area contributed by atoms with Crippen LogP contribution in [0.5, 0.6) is 0 Å². The molecule has 24 heavy (non-hydrogen) atoms. The van der Waals surface area contributed by atoms with Crippen LogP contribution in [0.3, 0.4) is 0 Å². The summed E-state index contributed by atoms with van der Waals surface area (Å²) in [4.78, 5) is 0. The molecule has 0 aliphatic heterocycles. The maximum absolute atomic E-state index is 4.17. The van der Waals surface area contributed by atoms with Crippen molar-refractivity contribution in [3.8, 4) is 0 Å². The Hall–Kier alpha value is -1.50. The van der Waals surface area contributed by atoms with E-state index in [1.54, 1.807) is 0 Å². The van der Waals surface area contributed by atoms with Crippen LogP contribution in [0.4, 0.5) is 0 Å². The summed E-state index contributed by atoms with van der Waals surface area (Å²) in [5.41, 5.74) is 6.00. The van der Waals surface area contributed by atoms with Crippen molar-refractivity contribution >= 4 is 0 Å². The lowest BCUT2D eigenvalue weighted by Crippen LogP contribution is -2.27. The molecule has 0 spiro atoms. The highest BCUT2D eigenvalue weighted by atomic mass is 14.9. The summed E-state index contributed by atoms with van der Waals surface area (Å²) in [7, 11) is 0. The van der Waals surface area contributed by atoms with Crippen LogP contribution in [-0.2, 0) is 0 Å². The average Bonchev–Trinajstić information content (AvgIpc) is 2.52. The Morgan fingerprint density at radius 3 is 2.04 bits per heavy atom. The van der Waals surface area contributed by atoms with Gasteiger partial charge >= 0.3 is 0 Å². The summed E-state index contributed by atoms with van der Waals surface area (Å²) < 4.78 is 0. The molecular formula is C23H39N. The quantitative estimate of drug-likeness (QED) is 0.442. The van der Waals surface area contributed by atoms with Crippen molar-refractivity contribution in [2.24, 2.45) is 17.3 Å². The molecule has 0 rings (SSSR count). The van der Waals surface area contributed by atoms with E-state index in [0.29, 0.717) is 11.8 Å². The first-order valence-electron chi connectivity index (χ1n) is 9.13. The minimum absolute atomic E-state index is 0.167. The number of allylic oxidation sites excluding steroid dienone is 6. The molecule has 1 atom stereocenters. The van der Waals surface area contributed by atoms with E-state index >= 15 is 0 Å². The van der Waals surface area contributed by atoms with Crippen LogP contribution in [0.15, 0.2) is 59.5 Å². The van der Waals surface area contributed by atoms with Gasteiger partial charge in [0.25, 0.3) is 0 Å². The zero-order valence-corrected chi connectivity index (χ0v) is 17.5. The fraction of sp³-hybridized carbons (Fsp3) is 0.565. The van der Waals surface area contributed by atoms with Crippen molar-refractivity contribution in [1.82, 2.24) is 5.32 Å². The predicted molar refractivity (Wildman–Crippen MR) is 111 cm³/mol. The Morgan fingerprint density at radius 1 is 1.08 bits per heavy atom. The molecule has 0 amide bonds. The van der Waals surface area contributed by atoms with E-state index in [9.17, 15) is 0 Å². The first-order chi connectivity index (χ1) is 11.0. The van der Waals surface area contributed by atoms with Crippen molar-refractivity contribution in [2.45, 2.75) is 68.7 Å². The van der Waals surface area contributed by atoms with Gasteiger partial charge in [0.2, 0.25) is 0 Å². The van der Waals surface area contributed by atoms with E-state index in [4.69, 9.17) is 0 Å². The van der Waals surface area contributed by atoms with E-state index < -0.39 is 0 Å². The van der Waals surface area contributed by atoms with Crippen LogP contribution < -0.4 is 5.32 Å². The molecule has 0 fully saturated rings. The second-order valence-corrected chi connectivity index (χ2v) is 7.79. The standard InChI is InChI=1S/C23H39N/c1-12-17(5)20(8)24-21(9)22(13-2)15-14-18(6)23(10,11)19(7)16(3)4/h13-16,19,24H,2,9,12H2,1,3-8,10-11H3/b18-14+,20-17+,22-15+. The summed E-state index contributed by atoms with van der Waals surface area (Å²) in [6.45, 7) is 28.3. The maximum Gasteiger partial charge on any atom is 0.0382 e. The van der Waals surface area contributed by atoms with Gasteiger partial charge in [0.05, 0.1) is 0 Å². The van der Waals surface area contributed by atoms with Gasteiger partial charge in [0.1, 0.15) is 0 Å². The molecule has 0 aliphatic rings. The second kappa shape index (κ2) is 9.71. The lowest BCUT2D eigenvalue weighted by Gasteiger charge is -2.35. The van der Waals surface area contributed by atoms with E-state index in [1.807, 2.05) is 6.08 Å². The minimum atomic E-state index is 0.167. The van der Waals surface area contributed by atoms with Gasteiger partial charge in [-0.25, -0.2) is 0 Å². The van der Waals surface area contributed by atoms with Gasteiger partial charge in [-0.3, -0.25) is 0 Å². The highest BCUT2D eigenvalue weighted by Crippen LogP contribution is 2.38. The molecule has 0 bridgehead atoms. The number of nitrogens with one attached hydrogen (secondary N) is 1. The number of hydrogen-bond acceptors (Lipinski definition) is 1. The minimum Gasteiger partial charge on any atom is -0.359 e. The third-order valence-corrected chi connectivity index (χ3v) is 5.74. The van der Waals surface area contributed by atoms with Crippen LogP contribution in [0.2, 0.25) is 0 Å². The molecule has 0 aliphatic carbocycles. The Morgan fingerprint density at radius 2 is 1.62 bits per heavy atom. The molecule has 1 nitrogen and oxygen atoms in total. The molecule has 1 heteroatoms. The van der Waals surface area contributed by atoms with Gasteiger partial charge < -0.3 is 5.32 Å². The molecule has 136 valence electrons. The second-order valence-electron chi connectivity index (χ2n) is 7.79. The van der Waals surface area contributed by atoms with Crippen molar-refractivity contribution in [3.05, 3.63) is 59.5 Å². The summed E-state index contributed by atoms with van der Waals surface area (Å²) >= 11 is 0. The van der Waals surface area contributed by atoms with E-state index in [2.05, 4.69) is 92.9 Å². The largest absolute Gasteiger partial charge is 0.359 e. The number of hydrogen-bond donors (Lipinski definition) is 1. The van der Waals surface area contributed by atoms with Gasteiger partial charge in [0.15, 0.2) is 0 Å². The molecule has 0 radical (unpaired) electrons. The molecule has 0 aromatic heterocycles. The highest BCUT2D eigenvalue weighted by Gasteiger charge is 2.29. The molecule has 1 unspecified atom stereocenters. The first kappa shape index (κ1) is 22.5. The lowest BCUT2D eigenvalue weighted by atomic mass is 9.69. The summed E-state index contributed by atoms with van der Waals surface area (Å²) in [6, 6.07) is 0. The molecule has 1 N–H and O–H groups in total. The zero-order valence-electron chi connectivity index (χ0n) is 17.5. The molecular weight excluding hydrogens is 290 g/mol. The van der Waals surface area contributed by atoms with E-state index in [1.165, 1.54) is 16.8 Å². The Balaban J connectivity index is 5.40. The fourth-order valence-corrected chi connectivity index (χ4v) is 2.58. The molecule has 0 saturated carbocycles. The van der Waals surface area contributed by atoms with Gasteiger partial charge in [-0.05, 0) is 50.0 Å². The van der Waals surface area contributed by atoms with Gasteiger partial charge in [-0.1, -0.05) is 84.1 Å². The zero-order chi connectivity index (χ0) is 19.1. The SMILES string of the molecule is C=C/C(=C\C=C(/C)C(C)(C)C(C)C(C)C)C(=C)N/C(C)=C(\C)CC. The van der Waals surface area contributed by atoms with Crippen molar-refractivity contribution in [2.75, 3.05) is 0 Å². The molecule has 0 aromatic rings. The summed E-state index contributed by atoms with van der Waals surface area (Å²) in [5, 5.41) is 3.40. The van der Waals surface area contributed by atoms with Crippen molar-refractivity contribution < 1.29 is 0 Å². The predicted octanol–water partition coefficient (Wildman–Crippen LogP) is 7.17. The third-order valence-electron chi connectivity index (χ3n) is 5.74. The van der Waals surface area contributed by atoms with Gasteiger partial charge in [0, 0.05) is 11.4 Å². The van der Waals surface area contributed by atoms with Gasteiger partial charge in [-0.15, -0.1) is 0 Å². The Labute approximate surface area is 151 Å². The van der Waals surface area contributed by atoms with Crippen LogP contribution >= 0.6 is 0 Å². The topological polar surface area (TPSA) is 12.0 Å². The number of rotatable bonds is 9. The average molecular weight is 330 g/mol. The first-order valence-corrected chi connectivity index (χ1v) is 9.13. The monoisotopic (exact) mass is 329 g/mol. The van der Waals surface area contributed by atoms with Crippen molar-refractivity contribution in [1.29, 1.82) is 0 Å². The fourth-order valence-electron chi connectivity index (χ4n) is 2.58. The van der Waals surface area contributed by atoms with E-state index in [-0.39, 0.29) is 5.41 Å². The summed E-state index contributed by atoms with van der Waals surface area (Å²) in [5.74, 6) is 1.28. The lowest BCUT2D eigenvalue weighted by molar-refractivity contribution is 0.219. The molecule has 0 saturated heterocycles. The summed E-state index contributed by atoms with van der Waals surface area (Å²) in [6.07, 6.45) is 7.25. The Kier molecular flexibility index (Phi) is 9.11. The third kappa shape index (κ3) is 6.19. The molecule has 0 aromatic carbocycles. The molecule has 0 heterocycles. The Bertz CT molecular complexity index is 538. The normalized spacial score (nSPS) is 15.9. The maximum atomic E-state index is 4.17. The highest BCUT2D eigenvalue weighted by molar-refractivity contribution is 5.41. The van der Waals surface area contributed by atoms with Gasteiger partial charge in [-0.2, -0.15) is 0 Å². The van der Waals surface area contributed by atoms with Crippen LogP contribution in [0.25, 0.3) is 0 Å². The smallest absolute Gasteiger partial charge is 0.0382 e. The van der Waals surface area contributed by atoms with Crippen LogP contribution in [-0.4, -0.2) is 0 Å². The van der Waals surface area contributed by atoms with Crippen LogP contribution in [0, 0.1) is 17.3 Å². The van der Waals surface area contributed by atoms with Crippen molar-refractivity contribution in [3.63, 3.8) is 0 Å².